The maximum Gasteiger partial charge on any atom is 0.376 e. The number of nitrogens with zero attached hydrogens (tertiary/aromatic N) is 2. The van der Waals surface area contributed by atoms with Crippen molar-refractivity contribution in [3.8, 4) is 11.4 Å². The van der Waals surface area contributed by atoms with E-state index >= 15 is 0 Å². The third-order valence-electron chi connectivity index (χ3n) is 2.92. The molecule has 0 saturated carbocycles. The summed E-state index contributed by atoms with van der Waals surface area (Å²) in [5.41, 5.74) is 0.239. The van der Waals surface area contributed by atoms with Gasteiger partial charge in [-0.3, -0.25) is 9.48 Å². The molecule has 2 aromatic rings. The smallest absolute Gasteiger partial charge is 0.376 e. The lowest BCUT2D eigenvalue weighted by molar-refractivity contribution is 0.327. The number of rotatable bonds is 5. The van der Waals surface area contributed by atoms with Crippen molar-refractivity contribution < 1.29 is 13.6 Å². The van der Waals surface area contributed by atoms with Gasteiger partial charge in [0.15, 0.2) is 0 Å². The Kier molecular flexibility index (Phi) is 4.61. The molecule has 1 heterocycles. The Balaban J connectivity index is 2.52. The van der Waals surface area contributed by atoms with E-state index in [1.807, 2.05) is 6.92 Å². The van der Waals surface area contributed by atoms with Crippen molar-refractivity contribution in [1.29, 1.82) is 0 Å². The zero-order valence-electron chi connectivity index (χ0n) is 11.9. The first-order chi connectivity index (χ1) is 9.88. The molecule has 0 N–H and O–H groups in total. The predicted octanol–water partition coefficient (Wildman–Crippen LogP) is 3.16. The van der Waals surface area contributed by atoms with E-state index in [-0.39, 0.29) is 5.75 Å². The van der Waals surface area contributed by atoms with Crippen molar-refractivity contribution in [3.63, 3.8) is 0 Å². The Morgan fingerprint density at radius 3 is 2.43 bits per heavy atom. The van der Waals surface area contributed by atoms with Gasteiger partial charge >= 0.3 is 13.2 Å². The third-order valence-corrected chi connectivity index (χ3v) is 4.36. The number of aromatic nitrogens is 2. The van der Waals surface area contributed by atoms with Gasteiger partial charge in [-0.05, 0) is 31.2 Å². The largest absolute Gasteiger partial charge is 0.417 e. The molecule has 1 aromatic heterocycles. The summed E-state index contributed by atoms with van der Waals surface area (Å²) in [6.07, 6.45) is 1.51. The van der Waals surface area contributed by atoms with Crippen LogP contribution in [0.5, 0.6) is 5.75 Å². The number of halogens is 1. The minimum Gasteiger partial charge on any atom is -0.417 e. The van der Waals surface area contributed by atoms with Crippen LogP contribution in [-0.4, -0.2) is 23.1 Å². The van der Waals surface area contributed by atoms with E-state index in [0.29, 0.717) is 17.3 Å². The minimum atomic E-state index is -3.29. The van der Waals surface area contributed by atoms with E-state index < -0.39 is 13.2 Å². The summed E-state index contributed by atoms with van der Waals surface area (Å²) in [6, 6.07) is 6.83. The van der Waals surface area contributed by atoms with Crippen molar-refractivity contribution in [2.24, 2.45) is 0 Å². The Morgan fingerprint density at radius 2 is 1.90 bits per heavy atom. The molecule has 0 radical (unpaired) electrons. The van der Waals surface area contributed by atoms with Crippen LogP contribution in [-0.2, 0) is 15.6 Å². The van der Waals surface area contributed by atoms with Crippen molar-refractivity contribution in [3.05, 3.63) is 45.8 Å². The molecule has 0 aliphatic rings. The Bertz CT molecular complexity index is 736. The van der Waals surface area contributed by atoms with Gasteiger partial charge in [0, 0.05) is 25.3 Å². The monoisotopic (exact) mass is 330 g/mol. The molecular formula is C13H16ClN2O4P. The molecule has 0 bridgehead atoms. The molecule has 0 spiro atoms. The highest BCUT2D eigenvalue weighted by atomic mass is 35.5. The van der Waals surface area contributed by atoms with E-state index in [4.69, 9.17) is 20.6 Å². The van der Waals surface area contributed by atoms with Gasteiger partial charge in [0.2, 0.25) is 5.75 Å². The third kappa shape index (κ3) is 3.40. The van der Waals surface area contributed by atoms with Crippen LogP contribution in [0.2, 0.25) is 5.02 Å². The van der Waals surface area contributed by atoms with Crippen LogP contribution < -0.4 is 10.1 Å². The molecule has 1 unspecified atom stereocenters. The fourth-order valence-corrected chi connectivity index (χ4v) is 2.51. The first-order valence-corrected chi connectivity index (χ1v) is 8.66. The summed E-state index contributed by atoms with van der Waals surface area (Å²) in [4.78, 5) is 12.4. The maximum atomic E-state index is 12.4. The molecule has 6 nitrogen and oxygen atoms in total. The van der Waals surface area contributed by atoms with Gasteiger partial charge in [0.25, 0.3) is 0 Å². The average Bonchev–Trinajstić information content (AvgIpc) is 2.76. The van der Waals surface area contributed by atoms with Crippen molar-refractivity contribution in [2.75, 3.05) is 13.8 Å². The second-order valence-corrected chi connectivity index (χ2v) is 6.91. The van der Waals surface area contributed by atoms with Crippen LogP contribution in [0.25, 0.3) is 5.69 Å². The number of benzene rings is 1. The number of hydrogen-bond acceptors (Lipinski definition) is 4. The molecule has 21 heavy (non-hydrogen) atoms. The van der Waals surface area contributed by atoms with E-state index in [1.54, 1.807) is 28.9 Å². The summed E-state index contributed by atoms with van der Waals surface area (Å²) >= 11 is 5.85. The maximum absolute atomic E-state index is 12.4. The first-order valence-electron chi connectivity index (χ1n) is 6.29. The molecule has 114 valence electrons. The van der Waals surface area contributed by atoms with Crippen LogP contribution in [0.4, 0.5) is 0 Å². The normalized spacial score (nSPS) is 13.9. The quantitative estimate of drug-likeness (QED) is 0.790. The van der Waals surface area contributed by atoms with Crippen molar-refractivity contribution >= 4 is 19.2 Å². The standard InChI is InChI=1S/C13H16ClN2O4P/c1-4-15-9-12(20-21(3,18)19-2)13(17)16(15)11-7-5-10(14)6-8-11/h5-9H,4H2,1-3H3. The molecule has 8 heteroatoms. The second kappa shape index (κ2) is 6.10. The highest BCUT2D eigenvalue weighted by molar-refractivity contribution is 7.53. The average molecular weight is 331 g/mol. The van der Waals surface area contributed by atoms with Gasteiger partial charge in [-0.25, -0.2) is 9.25 Å². The van der Waals surface area contributed by atoms with Gasteiger partial charge in [-0.15, -0.1) is 0 Å². The zero-order valence-corrected chi connectivity index (χ0v) is 13.6. The van der Waals surface area contributed by atoms with Crippen molar-refractivity contribution in [1.82, 2.24) is 9.36 Å². The molecule has 0 aliphatic heterocycles. The number of aryl methyl sites for hydroxylation is 1. The molecule has 0 amide bonds. The molecule has 0 saturated heterocycles. The first kappa shape index (κ1) is 15.9. The van der Waals surface area contributed by atoms with Crippen molar-refractivity contribution in [2.45, 2.75) is 13.5 Å². The molecule has 1 atom stereocenters. The van der Waals surface area contributed by atoms with E-state index in [1.165, 1.54) is 24.7 Å². The Hall–Kier alpha value is -1.49. The number of hydrogen-bond donors (Lipinski definition) is 0. The fraction of sp³-hybridized carbons (Fsp3) is 0.308. The Labute approximate surface area is 127 Å². The topological polar surface area (TPSA) is 62.5 Å². The highest BCUT2D eigenvalue weighted by Gasteiger charge is 2.22. The van der Waals surface area contributed by atoms with Gasteiger partial charge in [-0.2, -0.15) is 0 Å². The summed E-state index contributed by atoms with van der Waals surface area (Å²) < 4.78 is 24.9. The fourth-order valence-electron chi connectivity index (χ4n) is 1.83. The summed E-state index contributed by atoms with van der Waals surface area (Å²) in [6.45, 7) is 3.74. The Morgan fingerprint density at radius 1 is 1.29 bits per heavy atom. The van der Waals surface area contributed by atoms with Gasteiger partial charge in [0.1, 0.15) is 0 Å². The second-order valence-electron chi connectivity index (χ2n) is 4.39. The van der Waals surface area contributed by atoms with Crippen LogP contribution in [0.1, 0.15) is 6.92 Å². The summed E-state index contributed by atoms with van der Waals surface area (Å²) in [7, 11) is -2.01. The predicted molar refractivity (Wildman–Crippen MR) is 81.9 cm³/mol. The summed E-state index contributed by atoms with van der Waals surface area (Å²) in [5, 5.41) is 0.579. The highest BCUT2D eigenvalue weighted by Crippen LogP contribution is 2.42. The molecular weight excluding hydrogens is 315 g/mol. The van der Waals surface area contributed by atoms with Gasteiger partial charge in [0.05, 0.1) is 11.9 Å². The van der Waals surface area contributed by atoms with Crippen LogP contribution in [0.3, 0.4) is 0 Å². The molecule has 1 aromatic carbocycles. The lowest BCUT2D eigenvalue weighted by atomic mass is 10.3. The molecule has 0 fully saturated rings. The van der Waals surface area contributed by atoms with Crippen LogP contribution in [0, 0.1) is 0 Å². The summed E-state index contributed by atoms with van der Waals surface area (Å²) in [5.74, 6) is -0.0144. The molecule has 0 aliphatic carbocycles. The van der Waals surface area contributed by atoms with E-state index in [2.05, 4.69) is 0 Å². The zero-order chi connectivity index (χ0) is 15.6. The van der Waals surface area contributed by atoms with Gasteiger partial charge in [-0.1, -0.05) is 11.6 Å². The lowest BCUT2D eigenvalue weighted by Crippen LogP contribution is -2.21. The SMILES string of the molecule is CCn1cc(OP(C)(=O)OC)c(=O)n1-c1ccc(Cl)cc1. The van der Waals surface area contributed by atoms with Gasteiger partial charge < -0.3 is 9.05 Å². The lowest BCUT2D eigenvalue weighted by Gasteiger charge is -2.09. The van der Waals surface area contributed by atoms with Crippen LogP contribution >= 0.6 is 19.2 Å². The van der Waals surface area contributed by atoms with E-state index in [0.717, 1.165) is 0 Å². The molecule has 2 rings (SSSR count). The minimum absolute atomic E-state index is 0.0144. The van der Waals surface area contributed by atoms with E-state index in [9.17, 15) is 9.36 Å². The van der Waals surface area contributed by atoms with Crippen LogP contribution in [0.15, 0.2) is 35.3 Å².